The minimum absolute atomic E-state index is 0.0911. The number of benzene rings is 2. The maximum Gasteiger partial charge on any atom is 0.341 e. The molecular weight excluding hydrogens is 324 g/mol. The summed E-state index contributed by atoms with van der Waals surface area (Å²) in [5.74, 6) is -1.50. The molecule has 0 spiro atoms. The van der Waals surface area contributed by atoms with E-state index in [9.17, 15) is 4.79 Å². The number of rotatable bonds is 3. The van der Waals surface area contributed by atoms with E-state index < -0.39 is 5.79 Å². The summed E-state index contributed by atoms with van der Waals surface area (Å²) < 4.78 is 12.3. The van der Waals surface area contributed by atoms with Gasteiger partial charge in [0.25, 0.3) is 5.79 Å². The Hall–Kier alpha value is -1.84. The van der Waals surface area contributed by atoms with Crippen molar-refractivity contribution in [2.24, 2.45) is 0 Å². The van der Waals surface area contributed by atoms with Crippen molar-refractivity contribution in [2.45, 2.75) is 44.0 Å². The average molecular weight is 343 g/mol. The van der Waals surface area contributed by atoms with Crippen LogP contribution in [0.1, 0.15) is 53.6 Å². The van der Waals surface area contributed by atoms with Crippen molar-refractivity contribution in [1.29, 1.82) is 0 Å². The van der Waals surface area contributed by atoms with Crippen LogP contribution in [-0.4, -0.2) is 12.1 Å². The number of hydrogen-bond acceptors (Lipinski definition) is 3. The molecule has 0 amide bonds. The van der Waals surface area contributed by atoms with Gasteiger partial charge in [-0.05, 0) is 31.0 Å². The van der Waals surface area contributed by atoms with E-state index in [0.29, 0.717) is 10.6 Å². The lowest BCUT2D eigenvalue weighted by molar-refractivity contribution is -0.208. The Labute approximate surface area is 146 Å². The molecule has 2 aromatic carbocycles. The first kappa shape index (κ1) is 15.7. The highest BCUT2D eigenvalue weighted by Crippen LogP contribution is 2.45. The Morgan fingerprint density at radius 3 is 2.46 bits per heavy atom. The van der Waals surface area contributed by atoms with Crippen molar-refractivity contribution in [3.63, 3.8) is 0 Å². The fraction of sp³-hybridized carbons (Fsp3) is 0.350. The van der Waals surface area contributed by atoms with Crippen LogP contribution in [0.15, 0.2) is 48.5 Å². The topological polar surface area (TPSA) is 35.5 Å². The van der Waals surface area contributed by atoms with Gasteiger partial charge in [-0.25, -0.2) is 4.79 Å². The molecule has 0 aromatic heterocycles. The van der Waals surface area contributed by atoms with Crippen LogP contribution in [0.25, 0.3) is 0 Å². The summed E-state index contributed by atoms with van der Waals surface area (Å²) in [6, 6.07) is 14.8. The molecule has 1 aliphatic heterocycles. The molecule has 0 saturated heterocycles. The first-order valence-electron chi connectivity index (χ1n) is 8.46. The number of carbonyl (C=O) groups excluding carboxylic acids is 1. The van der Waals surface area contributed by atoms with Gasteiger partial charge in [0.05, 0.1) is 11.7 Å². The number of carbonyl (C=O) groups is 1. The minimum atomic E-state index is -1.17. The first-order valence-corrected chi connectivity index (χ1v) is 8.83. The van der Waals surface area contributed by atoms with Crippen molar-refractivity contribution in [3.8, 4) is 0 Å². The van der Waals surface area contributed by atoms with E-state index in [-0.39, 0.29) is 12.1 Å². The lowest BCUT2D eigenvalue weighted by Gasteiger charge is -2.35. The Morgan fingerprint density at radius 1 is 1.00 bits per heavy atom. The molecule has 2 aromatic rings. The van der Waals surface area contributed by atoms with Crippen LogP contribution in [0.3, 0.4) is 0 Å². The van der Waals surface area contributed by atoms with Crippen LogP contribution in [0.4, 0.5) is 0 Å². The molecule has 1 unspecified atom stereocenters. The van der Waals surface area contributed by atoms with Crippen LogP contribution in [0, 0.1) is 0 Å². The summed E-state index contributed by atoms with van der Waals surface area (Å²) >= 11 is 6.04. The van der Waals surface area contributed by atoms with Gasteiger partial charge in [0.15, 0.2) is 0 Å². The van der Waals surface area contributed by atoms with Gasteiger partial charge in [-0.15, -0.1) is 0 Å². The Balaban J connectivity index is 1.81. The molecule has 24 heavy (non-hydrogen) atoms. The maximum atomic E-state index is 12.4. The van der Waals surface area contributed by atoms with Crippen LogP contribution in [0.2, 0.25) is 5.02 Å². The molecule has 124 valence electrons. The Morgan fingerprint density at radius 2 is 1.71 bits per heavy atom. The predicted octanol–water partition coefficient (Wildman–Crippen LogP) is 5.06. The Kier molecular flexibility index (Phi) is 4.07. The lowest BCUT2D eigenvalue weighted by Crippen LogP contribution is -2.36. The van der Waals surface area contributed by atoms with Gasteiger partial charge in [-0.3, -0.25) is 0 Å². The van der Waals surface area contributed by atoms with E-state index in [1.54, 1.807) is 18.2 Å². The number of halogens is 1. The van der Waals surface area contributed by atoms with Crippen molar-refractivity contribution in [2.75, 3.05) is 0 Å². The summed E-state index contributed by atoms with van der Waals surface area (Å²) in [5.41, 5.74) is 2.15. The van der Waals surface area contributed by atoms with Crippen LogP contribution in [-0.2, 0) is 15.3 Å². The molecule has 1 saturated carbocycles. The number of hydrogen-bond donors (Lipinski definition) is 0. The second-order valence-electron chi connectivity index (χ2n) is 6.44. The highest BCUT2D eigenvalue weighted by atomic mass is 35.5. The number of esters is 1. The summed E-state index contributed by atoms with van der Waals surface area (Å²) in [7, 11) is 0. The summed E-state index contributed by atoms with van der Waals surface area (Å²) in [6.45, 7) is 0. The fourth-order valence-electron chi connectivity index (χ4n) is 3.65. The molecule has 0 radical (unpaired) electrons. The Bertz CT molecular complexity index is 750. The summed E-state index contributed by atoms with van der Waals surface area (Å²) in [6.07, 6.45) is 5.62. The number of fused-ring (bicyclic) bond motifs is 1. The molecule has 2 aliphatic rings. The van der Waals surface area contributed by atoms with E-state index in [1.165, 1.54) is 6.42 Å². The zero-order valence-electron chi connectivity index (χ0n) is 13.3. The fourth-order valence-corrected chi connectivity index (χ4v) is 3.77. The van der Waals surface area contributed by atoms with E-state index in [1.807, 2.05) is 30.3 Å². The molecule has 4 heteroatoms. The first-order chi connectivity index (χ1) is 11.7. The second kappa shape index (κ2) is 6.23. The molecular formula is C20H19ClO3. The molecule has 4 rings (SSSR count). The summed E-state index contributed by atoms with van der Waals surface area (Å²) in [4.78, 5) is 12.4. The maximum absolute atomic E-state index is 12.4. The molecule has 0 bridgehead atoms. The average Bonchev–Trinajstić information content (AvgIpc) is 2.90. The minimum Gasteiger partial charge on any atom is -0.420 e. The predicted molar refractivity (Wildman–Crippen MR) is 92.0 cm³/mol. The highest BCUT2D eigenvalue weighted by Gasteiger charge is 2.49. The molecule has 0 N–H and O–H groups in total. The van der Waals surface area contributed by atoms with Gasteiger partial charge < -0.3 is 9.47 Å². The smallest absolute Gasteiger partial charge is 0.341 e. The van der Waals surface area contributed by atoms with Crippen LogP contribution < -0.4 is 0 Å². The standard InChI is InChI=1S/C20H19ClO3/c21-15-12-10-14(11-13-15)20(23-16-6-2-1-3-7-16)18-9-5-4-8-17(18)19(22)24-20/h4-5,8-13,16H,1-3,6-7H2. The summed E-state index contributed by atoms with van der Waals surface area (Å²) in [5, 5.41) is 0.643. The zero-order chi connectivity index (χ0) is 16.6. The normalized spacial score (nSPS) is 23.8. The molecule has 1 heterocycles. The third kappa shape index (κ3) is 2.62. The quantitative estimate of drug-likeness (QED) is 0.731. The van der Waals surface area contributed by atoms with Gasteiger partial charge in [0.1, 0.15) is 0 Å². The van der Waals surface area contributed by atoms with Crippen LogP contribution >= 0.6 is 11.6 Å². The molecule has 1 aliphatic carbocycles. The number of ether oxygens (including phenoxy) is 2. The van der Waals surface area contributed by atoms with Crippen molar-refractivity contribution in [3.05, 3.63) is 70.2 Å². The zero-order valence-corrected chi connectivity index (χ0v) is 14.1. The van der Waals surface area contributed by atoms with E-state index in [2.05, 4.69) is 0 Å². The third-order valence-corrected chi connectivity index (χ3v) is 5.10. The number of cyclic esters (lactones) is 1. The van der Waals surface area contributed by atoms with Gasteiger partial charge >= 0.3 is 5.97 Å². The molecule has 3 nitrogen and oxygen atoms in total. The van der Waals surface area contributed by atoms with Gasteiger partial charge in [0.2, 0.25) is 0 Å². The molecule has 1 fully saturated rings. The second-order valence-corrected chi connectivity index (χ2v) is 6.87. The monoisotopic (exact) mass is 342 g/mol. The van der Waals surface area contributed by atoms with Crippen LogP contribution in [0.5, 0.6) is 0 Å². The third-order valence-electron chi connectivity index (χ3n) is 4.85. The van der Waals surface area contributed by atoms with Gasteiger partial charge in [-0.1, -0.05) is 61.2 Å². The van der Waals surface area contributed by atoms with E-state index in [4.69, 9.17) is 21.1 Å². The van der Waals surface area contributed by atoms with Gasteiger partial charge in [0, 0.05) is 16.1 Å². The van der Waals surface area contributed by atoms with Crippen molar-refractivity contribution >= 4 is 17.6 Å². The lowest BCUT2D eigenvalue weighted by atomic mass is 9.93. The molecule has 1 atom stereocenters. The van der Waals surface area contributed by atoms with E-state index in [0.717, 1.165) is 36.8 Å². The van der Waals surface area contributed by atoms with Gasteiger partial charge in [-0.2, -0.15) is 0 Å². The highest BCUT2D eigenvalue weighted by molar-refractivity contribution is 6.30. The van der Waals surface area contributed by atoms with E-state index >= 15 is 0 Å². The SMILES string of the molecule is O=C1OC(OC2CCCCC2)(c2ccc(Cl)cc2)c2ccccc21. The van der Waals surface area contributed by atoms with Crippen molar-refractivity contribution < 1.29 is 14.3 Å². The largest absolute Gasteiger partial charge is 0.420 e. The van der Waals surface area contributed by atoms with Crippen molar-refractivity contribution in [1.82, 2.24) is 0 Å².